The van der Waals surface area contributed by atoms with E-state index in [1.165, 1.54) is 7.11 Å². The molecule has 0 spiro atoms. The van der Waals surface area contributed by atoms with Crippen molar-refractivity contribution in [1.29, 1.82) is 0 Å². The molecule has 2 unspecified atom stereocenters. The Morgan fingerprint density at radius 2 is 1.77 bits per heavy atom. The summed E-state index contributed by atoms with van der Waals surface area (Å²) in [6.45, 7) is 5.96. The fraction of sp³-hybridized carbons (Fsp3) is 0.619. The van der Waals surface area contributed by atoms with Crippen LogP contribution in [0, 0.1) is 5.92 Å². The molecule has 0 bridgehead atoms. The minimum Gasteiger partial charge on any atom is -0.493 e. The molecule has 176 valence electrons. The van der Waals surface area contributed by atoms with E-state index in [1.54, 1.807) is 21.3 Å². The van der Waals surface area contributed by atoms with E-state index in [2.05, 4.69) is 26.6 Å². The van der Waals surface area contributed by atoms with Gasteiger partial charge in [0.05, 0.1) is 46.5 Å². The van der Waals surface area contributed by atoms with Crippen molar-refractivity contribution in [3.8, 4) is 11.5 Å². The summed E-state index contributed by atoms with van der Waals surface area (Å²) in [5, 5.41) is 6.56. The molecular formula is C21H35IN4O5. The third kappa shape index (κ3) is 8.00. The van der Waals surface area contributed by atoms with Crippen LogP contribution in [0.25, 0.3) is 0 Å². The molecule has 9 nitrogen and oxygen atoms in total. The number of nitrogens with zero attached hydrogens (tertiary/aromatic N) is 2. The number of aliphatic imine (C=N–C) groups is 1. The van der Waals surface area contributed by atoms with Crippen LogP contribution in [-0.2, 0) is 14.3 Å². The molecule has 0 aromatic heterocycles. The number of esters is 1. The molecule has 1 fully saturated rings. The van der Waals surface area contributed by atoms with Gasteiger partial charge in [0.25, 0.3) is 0 Å². The quantitative estimate of drug-likeness (QED) is 0.208. The first-order chi connectivity index (χ1) is 14.5. The van der Waals surface area contributed by atoms with Gasteiger partial charge >= 0.3 is 5.97 Å². The van der Waals surface area contributed by atoms with Gasteiger partial charge in [-0.15, -0.1) is 24.0 Å². The van der Waals surface area contributed by atoms with Gasteiger partial charge in [-0.05, 0) is 17.7 Å². The van der Waals surface area contributed by atoms with Crippen LogP contribution >= 0.6 is 24.0 Å². The van der Waals surface area contributed by atoms with E-state index >= 15 is 0 Å². The monoisotopic (exact) mass is 550 g/mol. The van der Waals surface area contributed by atoms with Crippen molar-refractivity contribution in [3.63, 3.8) is 0 Å². The molecule has 31 heavy (non-hydrogen) atoms. The molecule has 1 aliphatic rings. The van der Waals surface area contributed by atoms with E-state index in [-0.39, 0.29) is 41.9 Å². The number of benzene rings is 1. The SMILES string of the molecule is CN=C(NCC(C)C(=O)OC)NCC(c1ccc(OC)c(OC)c1)N1CCOCC1.I. The maximum Gasteiger partial charge on any atom is 0.310 e. The van der Waals surface area contributed by atoms with Crippen molar-refractivity contribution in [1.82, 2.24) is 15.5 Å². The molecule has 2 rings (SSSR count). The van der Waals surface area contributed by atoms with Crippen molar-refractivity contribution in [2.24, 2.45) is 10.9 Å². The molecule has 1 aliphatic heterocycles. The highest BCUT2D eigenvalue weighted by Gasteiger charge is 2.24. The first-order valence-electron chi connectivity index (χ1n) is 10.1. The minimum atomic E-state index is -0.269. The van der Waals surface area contributed by atoms with E-state index in [0.29, 0.717) is 43.8 Å². The van der Waals surface area contributed by atoms with Gasteiger partial charge in [0.15, 0.2) is 17.5 Å². The van der Waals surface area contributed by atoms with Gasteiger partial charge in [0.2, 0.25) is 0 Å². The van der Waals surface area contributed by atoms with Crippen molar-refractivity contribution in [2.45, 2.75) is 13.0 Å². The lowest BCUT2D eigenvalue weighted by Gasteiger charge is -2.35. The van der Waals surface area contributed by atoms with Gasteiger partial charge in [-0.1, -0.05) is 13.0 Å². The normalized spacial score (nSPS) is 16.5. The predicted octanol–water partition coefficient (Wildman–Crippen LogP) is 1.67. The number of carbonyl (C=O) groups is 1. The predicted molar refractivity (Wildman–Crippen MR) is 131 cm³/mol. The van der Waals surface area contributed by atoms with E-state index < -0.39 is 0 Å². The average Bonchev–Trinajstić information content (AvgIpc) is 2.80. The minimum absolute atomic E-state index is 0. The Kier molecular flexibility index (Phi) is 12.6. The van der Waals surface area contributed by atoms with Gasteiger partial charge in [0, 0.05) is 33.2 Å². The van der Waals surface area contributed by atoms with E-state index in [0.717, 1.165) is 18.7 Å². The molecular weight excluding hydrogens is 515 g/mol. The summed E-state index contributed by atoms with van der Waals surface area (Å²) in [7, 11) is 6.36. The molecule has 0 aliphatic carbocycles. The van der Waals surface area contributed by atoms with Crippen molar-refractivity contribution in [3.05, 3.63) is 23.8 Å². The number of morpholine rings is 1. The molecule has 0 radical (unpaired) electrons. The summed E-state index contributed by atoms with van der Waals surface area (Å²) in [4.78, 5) is 18.3. The Morgan fingerprint density at radius 3 is 2.35 bits per heavy atom. The molecule has 0 amide bonds. The number of hydrogen-bond acceptors (Lipinski definition) is 7. The number of carbonyl (C=O) groups excluding carboxylic acids is 1. The number of ether oxygens (including phenoxy) is 4. The lowest BCUT2D eigenvalue weighted by molar-refractivity contribution is -0.144. The van der Waals surface area contributed by atoms with Crippen LogP contribution in [-0.4, -0.2) is 84.6 Å². The van der Waals surface area contributed by atoms with Gasteiger partial charge in [-0.3, -0.25) is 14.7 Å². The summed E-state index contributed by atoms with van der Waals surface area (Å²) in [5.41, 5.74) is 1.11. The van der Waals surface area contributed by atoms with Gasteiger partial charge in [-0.25, -0.2) is 0 Å². The fourth-order valence-electron chi connectivity index (χ4n) is 3.36. The maximum atomic E-state index is 11.6. The Labute approximate surface area is 201 Å². The lowest BCUT2D eigenvalue weighted by Crippen LogP contribution is -2.47. The lowest BCUT2D eigenvalue weighted by atomic mass is 10.0. The topological polar surface area (TPSA) is 93.7 Å². The summed E-state index contributed by atoms with van der Waals surface area (Å²) in [6, 6.07) is 6.08. The van der Waals surface area contributed by atoms with E-state index in [1.807, 2.05) is 19.1 Å². The highest BCUT2D eigenvalue weighted by atomic mass is 127. The highest BCUT2D eigenvalue weighted by Crippen LogP contribution is 2.32. The van der Waals surface area contributed by atoms with Crippen LogP contribution in [0.2, 0.25) is 0 Å². The third-order valence-corrected chi connectivity index (χ3v) is 5.14. The Hall–Kier alpha value is -1.79. The van der Waals surface area contributed by atoms with E-state index in [9.17, 15) is 4.79 Å². The smallest absolute Gasteiger partial charge is 0.310 e. The Balaban J connectivity index is 0.00000480. The van der Waals surface area contributed by atoms with Gasteiger partial charge < -0.3 is 29.6 Å². The molecule has 1 aromatic rings. The number of nitrogens with one attached hydrogen (secondary N) is 2. The van der Waals surface area contributed by atoms with Crippen LogP contribution in [0.1, 0.15) is 18.5 Å². The molecule has 10 heteroatoms. The molecule has 1 saturated heterocycles. The first kappa shape index (κ1) is 27.2. The number of hydrogen-bond donors (Lipinski definition) is 2. The summed E-state index contributed by atoms with van der Waals surface area (Å²) in [6.07, 6.45) is 0. The number of halogens is 1. The second-order valence-electron chi connectivity index (χ2n) is 7.04. The van der Waals surface area contributed by atoms with E-state index in [4.69, 9.17) is 18.9 Å². The van der Waals surface area contributed by atoms with Gasteiger partial charge in [0.1, 0.15) is 0 Å². The number of rotatable bonds is 9. The molecule has 2 N–H and O–H groups in total. The fourth-order valence-corrected chi connectivity index (χ4v) is 3.36. The summed E-state index contributed by atoms with van der Waals surface area (Å²) in [5.74, 6) is 1.50. The van der Waals surface area contributed by atoms with Crippen LogP contribution < -0.4 is 20.1 Å². The maximum absolute atomic E-state index is 11.6. The molecule has 1 aromatic carbocycles. The largest absolute Gasteiger partial charge is 0.493 e. The number of guanidine groups is 1. The van der Waals surface area contributed by atoms with Gasteiger partial charge in [-0.2, -0.15) is 0 Å². The van der Waals surface area contributed by atoms with Crippen molar-refractivity contribution >= 4 is 35.9 Å². The zero-order valence-corrected chi connectivity index (χ0v) is 21.3. The standard InChI is InChI=1S/C21H34N4O5.HI/c1-15(20(26)29-5)13-23-21(22-2)24-14-17(25-8-10-30-11-9-25)16-6-7-18(27-3)19(12-16)28-4;/h6-7,12,15,17H,8-11,13-14H2,1-5H3,(H2,22,23,24);1H. The third-order valence-electron chi connectivity index (χ3n) is 5.14. The summed E-state index contributed by atoms with van der Waals surface area (Å²) < 4.78 is 21.2. The second kappa shape index (κ2) is 14.3. The van der Waals surface area contributed by atoms with Crippen molar-refractivity contribution in [2.75, 3.05) is 67.8 Å². The van der Waals surface area contributed by atoms with Crippen LogP contribution in [0.5, 0.6) is 11.5 Å². The van der Waals surface area contributed by atoms with Crippen LogP contribution in [0.4, 0.5) is 0 Å². The second-order valence-corrected chi connectivity index (χ2v) is 7.04. The molecule has 1 heterocycles. The Morgan fingerprint density at radius 1 is 1.13 bits per heavy atom. The van der Waals surface area contributed by atoms with Crippen molar-refractivity contribution < 1.29 is 23.7 Å². The van der Waals surface area contributed by atoms with Crippen LogP contribution in [0.3, 0.4) is 0 Å². The highest BCUT2D eigenvalue weighted by molar-refractivity contribution is 14.0. The van der Waals surface area contributed by atoms with Crippen LogP contribution in [0.15, 0.2) is 23.2 Å². The first-order valence-corrected chi connectivity index (χ1v) is 10.1. The Bertz CT molecular complexity index is 713. The average molecular weight is 550 g/mol. The zero-order chi connectivity index (χ0) is 21.9. The molecule has 0 saturated carbocycles. The molecule has 2 atom stereocenters. The summed E-state index contributed by atoms with van der Waals surface area (Å²) >= 11 is 0. The number of methoxy groups -OCH3 is 3. The zero-order valence-electron chi connectivity index (χ0n) is 19.0.